The first-order valence-electron chi connectivity index (χ1n) is 10.2. The van der Waals surface area contributed by atoms with E-state index >= 15 is 0 Å². The first kappa shape index (κ1) is 19.9. The average Bonchev–Trinajstić information content (AvgIpc) is 2.80. The van der Waals surface area contributed by atoms with E-state index in [4.69, 9.17) is 14.5 Å². The SMILES string of the molecule is COc1cc(OC)cc(C(=O)Nn2c(C3CCCCC3)nc3ccccc3c2=O)c1. The predicted octanol–water partition coefficient (Wildman–Crippen LogP) is 3.85. The molecule has 4 rings (SSSR count). The van der Waals surface area contributed by atoms with Crippen LogP contribution in [0.1, 0.15) is 54.2 Å². The molecule has 0 aliphatic heterocycles. The highest BCUT2D eigenvalue weighted by molar-refractivity contribution is 6.00. The number of rotatable bonds is 5. The zero-order valence-corrected chi connectivity index (χ0v) is 17.2. The van der Waals surface area contributed by atoms with Crippen molar-refractivity contribution in [1.82, 2.24) is 9.66 Å². The molecule has 3 aromatic rings. The van der Waals surface area contributed by atoms with Crippen LogP contribution in [0.2, 0.25) is 0 Å². The van der Waals surface area contributed by atoms with Crippen molar-refractivity contribution in [2.24, 2.45) is 0 Å². The van der Waals surface area contributed by atoms with Gasteiger partial charge in [-0.25, -0.2) is 9.66 Å². The van der Waals surface area contributed by atoms with Crippen LogP contribution in [0.3, 0.4) is 0 Å². The van der Waals surface area contributed by atoms with Gasteiger partial charge in [-0.2, -0.15) is 0 Å². The summed E-state index contributed by atoms with van der Waals surface area (Å²) in [5.41, 5.74) is 3.49. The van der Waals surface area contributed by atoms with Crippen LogP contribution in [0.4, 0.5) is 0 Å². The number of carbonyl (C=O) groups is 1. The number of aromatic nitrogens is 2. The fraction of sp³-hybridized carbons (Fsp3) is 0.348. The van der Waals surface area contributed by atoms with Gasteiger partial charge in [0.2, 0.25) is 0 Å². The molecule has 0 bridgehead atoms. The summed E-state index contributed by atoms with van der Waals surface area (Å²) in [6.07, 6.45) is 5.27. The molecular weight excluding hydrogens is 382 g/mol. The number of ether oxygens (including phenoxy) is 2. The number of fused-ring (bicyclic) bond motifs is 1. The lowest BCUT2D eigenvalue weighted by Crippen LogP contribution is -2.37. The third kappa shape index (κ3) is 3.87. The summed E-state index contributed by atoms with van der Waals surface area (Å²) >= 11 is 0. The lowest BCUT2D eigenvalue weighted by Gasteiger charge is -2.24. The molecule has 1 amide bonds. The molecule has 2 aromatic carbocycles. The molecule has 0 saturated heterocycles. The van der Waals surface area contributed by atoms with Crippen molar-refractivity contribution >= 4 is 16.8 Å². The fourth-order valence-corrected chi connectivity index (χ4v) is 4.00. The quantitative estimate of drug-likeness (QED) is 0.695. The molecule has 1 aliphatic rings. The van der Waals surface area contributed by atoms with Gasteiger partial charge in [-0.1, -0.05) is 31.4 Å². The molecule has 156 valence electrons. The van der Waals surface area contributed by atoms with Crippen LogP contribution in [0.5, 0.6) is 11.5 Å². The van der Waals surface area contributed by atoms with Crippen molar-refractivity contribution in [1.29, 1.82) is 0 Å². The van der Waals surface area contributed by atoms with E-state index in [1.165, 1.54) is 25.3 Å². The molecule has 30 heavy (non-hydrogen) atoms. The number of nitrogens with zero attached hydrogens (tertiary/aromatic N) is 2. The van der Waals surface area contributed by atoms with Crippen molar-refractivity contribution in [2.45, 2.75) is 38.0 Å². The van der Waals surface area contributed by atoms with Crippen molar-refractivity contribution in [3.05, 3.63) is 64.2 Å². The van der Waals surface area contributed by atoms with E-state index in [0.29, 0.717) is 33.8 Å². The van der Waals surface area contributed by atoms with Crippen molar-refractivity contribution in [3.63, 3.8) is 0 Å². The van der Waals surface area contributed by atoms with Crippen LogP contribution in [0.15, 0.2) is 47.3 Å². The Morgan fingerprint density at radius 1 is 1.03 bits per heavy atom. The summed E-state index contributed by atoms with van der Waals surface area (Å²) in [6.45, 7) is 0. The third-order valence-corrected chi connectivity index (χ3v) is 5.60. The number of carbonyl (C=O) groups excluding carboxylic acids is 1. The number of nitrogens with one attached hydrogen (secondary N) is 1. The van der Waals surface area contributed by atoms with Crippen LogP contribution >= 0.6 is 0 Å². The van der Waals surface area contributed by atoms with E-state index in [1.807, 2.05) is 12.1 Å². The highest BCUT2D eigenvalue weighted by atomic mass is 16.5. The van der Waals surface area contributed by atoms with E-state index in [9.17, 15) is 9.59 Å². The van der Waals surface area contributed by atoms with E-state index in [1.54, 1.807) is 30.3 Å². The first-order valence-corrected chi connectivity index (χ1v) is 10.2. The van der Waals surface area contributed by atoms with Crippen LogP contribution < -0.4 is 20.5 Å². The lowest BCUT2D eigenvalue weighted by molar-refractivity contribution is 0.100. The van der Waals surface area contributed by atoms with Crippen LogP contribution in [-0.4, -0.2) is 29.8 Å². The molecule has 7 nitrogen and oxygen atoms in total. The molecule has 1 aromatic heterocycles. The standard InChI is InChI=1S/C23H25N3O4/c1-29-17-12-16(13-18(14-17)30-2)22(27)25-26-21(15-8-4-3-5-9-15)24-20-11-7-6-10-19(20)23(26)28/h6-7,10-15H,3-5,8-9H2,1-2H3,(H,25,27). The van der Waals surface area contributed by atoms with E-state index in [0.717, 1.165) is 25.7 Å². The summed E-state index contributed by atoms with van der Waals surface area (Å²) in [4.78, 5) is 31.1. The zero-order valence-electron chi connectivity index (χ0n) is 17.2. The summed E-state index contributed by atoms with van der Waals surface area (Å²) in [7, 11) is 3.05. The highest BCUT2D eigenvalue weighted by Crippen LogP contribution is 2.31. The monoisotopic (exact) mass is 407 g/mol. The number of para-hydroxylation sites is 1. The molecule has 0 unspecified atom stereocenters. The minimum Gasteiger partial charge on any atom is -0.497 e. The van der Waals surface area contributed by atoms with Gasteiger partial charge in [-0.15, -0.1) is 0 Å². The van der Waals surface area contributed by atoms with E-state index in [-0.39, 0.29) is 11.5 Å². The molecule has 7 heteroatoms. The Kier molecular flexibility index (Phi) is 5.70. The molecule has 1 heterocycles. The smallest absolute Gasteiger partial charge is 0.280 e. The normalized spacial score (nSPS) is 14.5. The second-order valence-electron chi connectivity index (χ2n) is 7.50. The number of benzene rings is 2. The molecule has 1 fully saturated rings. The van der Waals surface area contributed by atoms with Crippen molar-refractivity contribution in [3.8, 4) is 11.5 Å². The Labute approximate surface area is 174 Å². The van der Waals surface area contributed by atoms with Gasteiger partial charge in [0.25, 0.3) is 11.5 Å². The molecule has 0 radical (unpaired) electrons. The van der Waals surface area contributed by atoms with Crippen LogP contribution in [0.25, 0.3) is 10.9 Å². The first-order chi connectivity index (χ1) is 14.6. The second kappa shape index (κ2) is 8.57. The van der Waals surface area contributed by atoms with E-state index < -0.39 is 5.91 Å². The third-order valence-electron chi connectivity index (χ3n) is 5.60. The molecule has 0 atom stereocenters. The van der Waals surface area contributed by atoms with Gasteiger partial charge < -0.3 is 9.47 Å². The maximum absolute atomic E-state index is 13.3. The summed E-state index contributed by atoms with van der Waals surface area (Å²) in [6, 6.07) is 12.1. The predicted molar refractivity (Wildman–Crippen MR) is 115 cm³/mol. The highest BCUT2D eigenvalue weighted by Gasteiger charge is 2.24. The maximum atomic E-state index is 13.3. The largest absolute Gasteiger partial charge is 0.497 e. The second-order valence-corrected chi connectivity index (χ2v) is 7.50. The minimum absolute atomic E-state index is 0.135. The van der Waals surface area contributed by atoms with Gasteiger partial charge in [0, 0.05) is 17.5 Å². The van der Waals surface area contributed by atoms with Crippen molar-refractivity contribution < 1.29 is 14.3 Å². The molecule has 0 spiro atoms. The molecular formula is C23H25N3O4. The Morgan fingerprint density at radius 3 is 2.37 bits per heavy atom. The Morgan fingerprint density at radius 2 is 1.70 bits per heavy atom. The Balaban J connectivity index is 1.78. The number of amides is 1. The van der Waals surface area contributed by atoms with Crippen LogP contribution in [-0.2, 0) is 0 Å². The summed E-state index contributed by atoms with van der Waals surface area (Å²) in [5, 5.41) is 0.473. The number of hydrogen-bond acceptors (Lipinski definition) is 5. The minimum atomic E-state index is -0.427. The lowest BCUT2D eigenvalue weighted by atomic mass is 9.88. The number of hydrogen-bond donors (Lipinski definition) is 1. The Bertz CT molecular complexity index is 1110. The van der Waals surface area contributed by atoms with Gasteiger partial charge in [-0.3, -0.25) is 15.0 Å². The summed E-state index contributed by atoms with van der Waals surface area (Å²) < 4.78 is 11.8. The van der Waals surface area contributed by atoms with Gasteiger partial charge in [0.05, 0.1) is 25.1 Å². The number of methoxy groups -OCH3 is 2. The van der Waals surface area contributed by atoms with Gasteiger partial charge >= 0.3 is 0 Å². The maximum Gasteiger partial charge on any atom is 0.280 e. The molecule has 1 saturated carbocycles. The average molecular weight is 407 g/mol. The molecule has 1 aliphatic carbocycles. The topological polar surface area (TPSA) is 82.4 Å². The summed E-state index contributed by atoms with van der Waals surface area (Å²) in [5.74, 6) is 1.31. The van der Waals surface area contributed by atoms with E-state index in [2.05, 4.69) is 5.43 Å². The zero-order chi connectivity index (χ0) is 21.1. The van der Waals surface area contributed by atoms with Crippen molar-refractivity contribution in [2.75, 3.05) is 19.6 Å². The Hall–Kier alpha value is -3.35. The van der Waals surface area contributed by atoms with Gasteiger partial charge in [0.15, 0.2) is 0 Å². The van der Waals surface area contributed by atoms with Gasteiger partial charge in [-0.05, 0) is 37.1 Å². The molecule has 1 N–H and O–H groups in total. The fourth-order valence-electron chi connectivity index (χ4n) is 4.00. The van der Waals surface area contributed by atoms with Gasteiger partial charge in [0.1, 0.15) is 17.3 Å². The van der Waals surface area contributed by atoms with Crippen LogP contribution in [0, 0.1) is 0 Å².